The van der Waals surface area contributed by atoms with Crippen LogP contribution in [0.15, 0.2) is 6.20 Å². The summed E-state index contributed by atoms with van der Waals surface area (Å²) < 4.78 is 0. The van der Waals surface area contributed by atoms with Gasteiger partial charge in [-0.1, -0.05) is 0 Å². The second-order valence-corrected chi connectivity index (χ2v) is 3.76. The molecule has 1 aliphatic heterocycles. The number of piperidine rings is 1. The number of carbonyl (C=O) groups excluding carboxylic acids is 2. The van der Waals surface area contributed by atoms with Crippen LogP contribution in [0, 0.1) is 6.92 Å². The number of hydrogen-bond donors (Lipinski definition) is 1. The first kappa shape index (κ1) is 9.89. The Hall–Kier alpha value is -1.65. The molecule has 0 bridgehead atoms. The van der Waals surface area contributed by atoms with Gasteiger partial charge in [0.25, 0.3) is 5.91 Å². The Morgan fingerprint density at radius 1 is 1.47 bits per heavy atom. The van der Waals surface area contributed by atoms with Gasteiger partial charge in [-0.15, -0.1) is 0 Å². The lowest BCUT2D eigenvalue weighted by Crippen LogP contribution is -2.39. The van der Waals surface area contributed by atoms with Gasteiger partial charge in [-0.3, -0.25) is 14.7 Å². The number of rotatable bonds is 1. The predicted molar refractivity (Wildman–Crippen MR) is 53.5 cm³/mol. The smallest absolute Gasteiger partial charge is 0.272 e. The van der Waals surface area contributed by atoms with Crippen molar-refractivity contribution in [1.82, 2.24) is 15.1 Å². The van der Waals surface area contributed by atoms with Crippen molar-refractivity contribution in [1.29, 1.82) is 0 Å². The maximum Gasteiger partial charge on any atom is 0.272 e. The Bertz CT molecular complexity index is 387. The molecule has 1 aromatic rings. The Morgan fingerprint density at radius 3 is 2.67 bits per heavy atom. The van der Waals surface area contributed by atoms with Crippen LogP contribution in [-0.2, 0) is 4.79 Å². The Kier molecular flexibility index (Phi) is 2.53. The van der Waals surface area contributed by atoms with Gasteiger partial charge in [0.1, 0.15) is 11.5 Å². The van der Waals surface area contributed by atoms with Crippen molar-refractivity contribution in [3.63, 3.8) is 0 Å². The molecular weight excluding hydrogens is 194 g/mol. The molecule has 2 rings (SSSR count). The Labute approximate surface area is 87.5 Å². The number of carbonyl (C=O) groups is 2. The summed E-state index contributed by atoms with van der Waals surface area (Å²) in [4.78, 5) is 24.7. The van der Waals surface area contributed by atoms with Crippen molar-refractivity contribution in [2.75, 3.05) is 13.1 Å². The summed E-state index contributed by atoms with van der Waals surface area (Å²) in [7, 11) is 0. The molecule has 15 heavy (non-hydrogen) atoms. The summed E-state index contributed by atoms with van der Waals surface area (Å²) in [5, 5.41) is 6.50. The summed E-state index contributed by atoms with van der Waals surface area (Å²) in [5.41, 5.74) is 1.38. The quantitative estimate of drug-likeness (QED) is 0.730. The highest BCUT2D eigenvalue weighted by atomic mass is 16.2. The van der Waals surface area contributed by atoms with Crippen LogP contribution in [0.1, 0.15) is 28.9 Å². The van der Waals surface area contributed by atoms with Crippen LogP contribution in [0.25, 0.3) is 0 Å². The highest BCUT2D eigenvalue weighted by Gasteiger charge is 2.23. The van der Waals surface area contributed by atoms with E-state index in [0.717, 1.165) is 5.56 Å². The van der Waals surface area contributed by atoms with E-state index >= 15 is 0 Å². The molecule has 1 aliphatic rings. The van der Waals surface area contributed by atoms with Crippen molar-refractivity contribution < 1.29 is 9.59 Å². The van der Waals surface area contributed by atoms with E-state index in [2.05, 4.69) is 10.2 Å². The van der Waals surface area contributed by atoms with Gasteiger partial charge in [-0.25, -0.2) is 0 Å². The summed E-state index contributed by atoms with van der Waals surface area (Å²) in [5.74, 6) is 0.179. The van der Waals surface area contributed by atoms with Crippen molar-refractivity contribution >= 4 is 11.7 Å². The van der Waals surface area contributed by atoms with E-state index in [1.54, 1.807) is 11.1 Å². The lowest BCUT2D eigenvalue weighted by atomic mass is 10.1. The molecule has 0 atom stereocenters. The summed E-state index contributed by atoms with van der Waals surface area (Å²) in [6, 6.07) is 0. The van der Waals surface area contributed by atoms with Crippen LogP contribution in [0.3, 0.4) is 0 Å². The van der Waals surface area contributed by atoms with E-state index in [-0.39, 0.29) is 11.7 Å². The molecule has 0 saturated carbocycles. The van der Waals surface area contributed by atoms with Gasteiger partial charge in [0.2, 0.25) is 0 Å². The van der Waals surface area contributed by atoms with Gasteiger partial charge in [0.15, 0.2) is 0 Å². The first-order chi connectivity index (χ1) is 7.18. The molecule has 2 heterocycles. The van der Waals surface area contributed by atoms with Crippen LogP contribution in [-0.4, -0.2) is 39.9 Å². The predicted octanol–water partition coefficient (Wildman–Crippen LogP) is 0.523. The molecule has 5 heteroatoms. The lowest BCUT2D eigenvalue weighted by molar-refractivity contribution is -0.120. The second kappa shape index (κ2) is 3.84. The van der Waals surface area contributed by atoms with E-state index in [0.29, 0.717) is 31.6 Å². The van der Waals surface area contributed by atoms with Crippen LogP contribution >= 0.6 is 0 Å². The number of aryl methyl sites for hydroxylation is 1. The van der Waals surface area contributed by atoms with Gasteiger partial charge >= 0.3 is 0 Å². The number of aromatic nitrogens is 2. The second-order valence-electron chi connectivity index (χ2n) is 3.76. The average Bonchev–Trinajstić information content (AvgIpc) is 2.65. The summed E-state index contributed by atoms with van der Waals surface area (Å²) in [6.07, 6.45) is 2.57. The van der Waals surface area contributed by atoms with Gasteiger partial charge < -0.3 is 4.90 Å². The molecule has 0 spiro atoms. The Morgan fingerprint density at radius 2 is 2.13 bits per heavy atom. The highest BCUT2D eigenvalue weighted by Crippen LogP contribution is 2.11. The minimum absolute atomic E-state index is 0.0579. The maximum atomic E-state index is 11.9. The molecule has 1 saturated heterocycles. The number of amides is 1. The van der Waals surface area contributed by atoms with E-state index < -0.39 is 0 Å². The lowest BCUT2D eigenvalue weighted by Gasteiger charge is -2.25. The molecule has 5 nitrogen and oxygen atoms in total. The molecule has 1 N–H and O–H groups in total. The average molecular weight is 207 g/mol. The van der Waals surface area contributed by atoms with Crippen molar-refractivity contribution in [3.8, 4) is 0 Å². The van der Waals surface area contributed by atoms with Crippen molar-refractivity contribution in [3.05, 3.63) is 17.5 Å². The number of hydrogen-bond acceptors (Lipinski definition) is 3. The summed E-state index contributed by atoms with van der Waals surface area (Å²) >= 11 is 0. The molecule has 0 aliphatic carbocycles. The van der Waals surface area contributed by atoms with Crippen molar-refractivity contribution in [2.24, 2.45) is 0 Å². The highest BCUT2D eigenvalue weighted by molar-refractivity contribution is 5.94. The molecule has 0 unspecified atom stereocenters. The fourth-order valence-electron chi connectivity index (χ4n) is 1.68. The SMILES string of the molecule is Cc1cn[nH]c1C(=O)N1CCC(=O)CC1. The largest absolute Gasteiger partial charge is 0.336 e. The number of ketones is 1. The number of H-pyrrole nitrogens is 1. The van der Waals surface area contributed by atoms with Crippen LogP contribution < -0.4 is 0 Å². The zero-order valence-corrected chi connectivity index (χ0v) is 8.62. The van der Waals surface area contributed by atoms with Gasteiger partial charge in [0, 0.05) is 25.9 Å². The van der Waals surface area contributed by atoms with Gasteiger partial charge in [0.05, 0.1) is 6.20 Å². The minimum Gasteiger partial charge on any atom is -0.336 e. The van der Waals surface area contributed by atoms with Gasteiger partial charge in [-0.2, -0.15) is 5.10 Å². The van der Waals surface area contributed by atoms with Crippen LogP contribution in [0.5, 0.6) is 0 Å². The third-order valence-corrected chi connectivity index (χ3v) is 2.65. The zero-order valence-electron chi connectivity index (χ0n) is 8.62. The third kappa shape index (κ3) is 1.91. The number of nitrogens with zero attached hydrogens (tertiary/aromatic N) is 2. The van der Waals surface area contributed by atoms with Crippen LogP contribution in [0.4, 0.5) is 0 Å². The third-order valence-electron chi connectivity index (χ3n) is 2.65. The fraction of sp³-hybridized carbons (Fsp3) is 0.500. The van der Waals surface area contributed by atoms with E-state index in [4.69, 9.17) is 0 Å². The number of likely N-dealkylation sites (tertiary alicyclic amines) is 1. The molecule has 1 fully saturated rings. The van der Waals surface area contributed by atoms with Crippen LogP contribution in [0.2, 0.25) is 0 Å². The monoisotopic (exact) mass is 207 g/mol. The topological polar surface area (TPSA) is 66.1 Å². The van der Waals surface area contributed by atoms with Gasteiger partial charge in [-0.05, 0) is 12.5 Å². The van der Waals surface area contributed by atoms with E-state index in [1.165, 1.54) is 0 Å². The number of Topliss-reactive ketones (excluding diaryl/α,β-unsaturated/α-hetero) is 1. The first-order valence-corrected chi connectivity index (χ1v) is 4.99. The molecule has 80 valence electrons. The Balaban J connectivity index is 2.09. The maximum absolute atomic E-state index is 11.9. The molecule has 1 aromatic heterocycles. The van der Waals surface area contributed by atoms with E-state index in [1.807, 2.05) is 6.92 Å². The minimum atomic E-state index is -0.0579. The normalized spacial score (nSPS) is 16.9. The summed E-state index contributed by atoms with van der Waals surface area (Å²) in [6.45, 7) is 2.89. The standard InChI is InChI=1S/C10H13N3O2/c1-7-6-11-12-9(7)10(15)13-4-2-8(14)3-5-13/h6H,2-5H2,1H3,(H,11,12). The number of aromatic amines is 1. The molecule has 0 aromatic carbocycles. The molecule has 1 amide bonds. The zero-order chi connectivity index (χ0) is 10.8. The molecular formula is C10H13N3O2. The van der Waals surface area contributed by atoms with Crippen molar-refractivity contribution in [2.45, 2.75) is 19.8 Å². The molecule has 0 radical (unpaired) electrons. The number of nitrogens with one attached hydrogen (secondary N) is 1. The van der Waals surface area contributed by atoms with E-state index in [9.17, 15) is 9.59 Å². The first-order valence-electron chi connectivity index (χ1n) is 4.99. The fourth-order valence-corrected chi connectivity index (χ4v) is 1.68.